The molecule has 118 valence electrons. The molecule has 0 fully saturated rings. The summed E-state index contributed by atoms with van der Waals surface area (Å²) in [5.41, 5.74) is 1.08. The number of hydrogen-bond acceptors (Lipinski definition) is 4. The van der Waals surface area contributed by atoms with Gasteiger partial charge in [-0.25, -0.2) is 4.98 Å². The monoisotopic (exact) mass is 399 g/mol. The Labute approximate surface area is 148 Å². The van der Waals surface area contributed by atoms with Crippen molar-refractivity contribution in [1.29, 1.82) is 0 Å². The van der Waals surface area contributed by atoms with E-state index in [1.54, 1.807) is 36.5 Å². The summed E-state index contributed by atoms with van der Waals surface area (Å²) in [6, 6.07) is 14.3. The molecule has 0 aliphatic rings. The molecule has 0 aliphatic heterocycles. The SMILES string of the molecule is O=C(Nc1ccc(Br)cc1)c1cc2c(=O)n3ccccc3nc2s1. The van der Waals surface area contributed by atoms with E-state index in [1.807, 2.05) is 18.2 Å². The molecule has 24 heavy (non-hydrogen) atoms. The highest BCUT2D eigenvalue weighted by Gasteiger charge is 2.15. The fourth-order valence-electron chi connectivity index (χ4n) is 2.39. The Morgan fingerprint density at radius 3 is 2.75 bits per heavy atom. The van der Waals surface area contributed by atoms with Crippen molar-refractivity contribution in [1.82, 2.24) is 9.38 Å². The average Bonchev–Trinajstić information content (AvgIpc) is 3.02. The van der Waals surface area contributed by atoms with E-state index >= 15 is 0 Å². The highest BCUT2D eigenvalue weighted by molar-refractivity contribution is 9.10. The number of carbonyl (C=O) groups is 1. The molecule has 0 saturated carbocycles. The first kappa shape index (κ1) is 15.0. The molecule has 0 radical (unpaired) electrons. The van der Waals surface area contributed by atoms with E-state index in [4.69, 9.17) is 0 Å². The lowest BCUT2D eigenvalue weighted by atomic mass is 10.3. The largest absolute Gasteiger partial charge is 0.321 e. The molecule has 7 heteroatoms. The smallest absolute Gasteiger partial charge is 0.266 e. The van der Waals surface area contributed by atoms with Crippen molar-refractivity contribution in [3.63, 3.8) is 0 Å². The van der Waals surface area contributed by atoms with Crippen LogP contribution in [0, 0.1) is 0 Å². The van der Waals surface area contributed by atoms with Gasteiger partial charge in [0, 0.05) is 16.4 Å². The number of nitrogens with zero attached hydrogens (tertiary/aromatic N) is 2. The third-order valence-electron chi connectivity index (χ3n) is 3.54. The zero-order valence-corrected chi connectivity index (χ0v) is 14.6. The predicted molar refractivity (Wildman–Crippen MR) is 98.9 cm³/mol. The number of benzene rings is 1. The number of nitrogens with one attached hydrogen (secondary N) is 1. The van der Waals surface area contributed by atoms with Gasteiger partial charge in [0.05, 0.1) is 10.3 Å². The van der Waals surface area contributed by atoms with Gasteiger partial charge in [-0.15, -0.1) is 11.3 Å². The standard InChI is InChI=1S/C17H10BrN3O2S/c18-10-4-6-11(7-5-10)19-15(22)13-9-12-16(24-13)20-14-3-1-2-8-21(14)17(12)23/h1-9H,(H,19,22). The molecule has 0 saturated heterocycles. The van der Waals surface area contributed by atoms with Gasteiger partial charge in [0.1, 0.15) is 10.5 Å². The zero-order chi connectivity index (χ0) is 16.7. The van der Waals surface area contributed by atoms with Crippen LogP contribution in [0.3, 0.4) is 0 Å². The number of aromatic nitrogens is 2. The Hall–Kier alpha value is -2.51. The first-order valence-electron chi connectivity index (χ1n) is 7.10. The van der Waals surface area contributed by atoms with Crippen LogP contribution in [0.15, 0.2) is 64.0 Å². The topological polar surface area (TPSA) is 63.5 Å². The summed E-state index contributed by atoms with van der Waals surface area (Å²) >= 11 is 4.56. The molecule has 4 aromatic rings. The van der Waals surface area contributed by atoms with Crippen molar-refractivity contribution in [2.45, 2.75) is 0 Å². The van der Waals surface area contributed by atoms with E-state index in [-0.39, 0.29) is 11.5 Å². The summed E-state index contributed by atoms with van der Waals surface area (Å²) in [5.74, 6) is -0.256. The van der Waals surface area contributed by atoms with Gasteiger partial charge in [0.2, 0.25) is 0 Å². The van der Waals surface area contributed by atoms with E-state index in [0.29, 0.717) is 26.4 Å². The Kier molecular flexibility index (Phi) is 3.66. The molecule has 0 unspecified atom stereocenters. The van der Waals surface area contributed by atoms with Crippen LogP contribution < -0.4 is 10.9 Å². The van der Waals surface area contributed by atoms with Crippen LogP contribution >= 0.6 is 27.3 Å². The van der Waals surface area contributed by atoms with Crippen molar-refractivity contribution < 1.29 is 4.79 Å². The third-order valence-corrected chi connectivity index (χ3v) is 5.10. The van der Waals surface area contributed by atoms with Crippen molar-refractivity contribution in [3.8, 4) is 0 Å². The lowest BCUT2D eigenvalue weighted by Crippen LogP contribution is -2.13. The molecular formula is C17H10BrN3O2S. The van der Waals surface area contributed by atoms with Gasteiger partial charge in [0.15, 0.2) is 0 Å². The molecule has 1 N–H and O–H groups in total. The molecule has 5 nitrogen and oxygen atoms in total. The average molecular weight is 400 g/mol. The number of pyridine rings is 1. The van der Waals surface area contributed by atoms with Crippen LogP contribution in [0.4, 0.5) is 5.69 Å². The lowest BCUT2D eigenvalue weighted by Gasteiger charge is -2.02. The second-order valence-corrected chi connectivity index (χ2v) is 7.08. The number of amides is 1. The van der Waals surface area contributed by atoms with Gasteiger partial charge in [-0.05, 0) is 42.5 Å². The Morgan fingerprint density at radius 2 is 1.96 bits per heavy atom. The van der Waals surface area contributed by atoms with Crippen molar-refractivity contribution >= 4 is 54.7 Å². The number of carbonyl (C=O) groups excluding carboxylic acids is 1. The normalized spacial score (nSPS) is 11.0. The quantitative estimate of drug-likeness (QED) is 0.555. The maximum absolute atomic E-state index is 12.5. The number of anilines is 1. The Balaban J connectivity index is 1.75. The number of rotatable bonds is 2. The molecule has 0 aliphatic carbocycles. The second-order valence-electron chi connectivity index (χ2n) is 5.14. The van der Waals surface area contributed by atoms with Crippen LogP contribution in [0.2, 0.25) is 0 Å². The van der Waals surface area contributed by atoms with E-state index < -0.39 is 0 Å². The van der Waals surface area contributed by atoms with Gasteiger partial charge in [-0.1, -0.05) is 22.0 Å². The Bertz CT molecular complexity index is 1130. The summed E-state index contributed by atoms with van der Waals surface area (Å²) in [6.07, 6.45) is 1.67. The molecule has 3 heterocycles. The predicted octanol–water partition coefficient (Wildman–Crippen LogP) is 3.92. The summed E-state index contributed by atoms with van der Waals surface area (Å²) in [7, 11) is 0. The van der Waals surface area contributed by atoms with Gasteiger partial charge in [-0.3, -0.25) is 14.0 Å². The van der Waals surface area contributed by atoms with Gasteiger partial charge in [-0.2, -0.15) is 0 Å². The molecule has 1 aromatic carbocycles. The maximum Gasteiger partial charge on any atom is 0.266 e. The van der Waals surface area contributed by atoms with Crippen molar-refractivity contribution in [3.05, 3.63) is 74.4 Å². The summed E-state index contributed by atoms with van der Waals surface area (Å²) < 4.78 is 2.41. The second kappa shape index (κ2) is 5.85. The third kappa shape index (κ3) is 2.61. The minimum atomic E-state index is -0.256. The van der Waals surface area contributed by atoms with Crippen LogP contribution in [-0.4, -0.2) is 15.3 Å². The highest BCUT2D eigenvalue weighted by Crippen LogP contribution is 2.23. The van der Waals surface area contributed by atoms with Gasteiger partial charge >= 0.3 is 0 Å². The molecule has 3 aromatic heterocycles. The summed E-state index contributed by atoms with van der Waals surface area (Å²) in [6.45, 7) is 0. The van der Waals surface area contributed by atoms with Gasteiger partial charge in [0.25, 0.3) is 11.5 Å². The van der Waals surface area contributed by atoms with Crippen LogP contribution in [0.5, 0.6) is 0 Å². The van der Waals surface area contributed by atoms with Crippen LogP contribution in [0.25, 0.3) is 15.9 Å². The highest BCUT2D eigenvalue weighted by atomic mass is 79.9. The van der Waals surface area contributed by atoms with Gasteiger partial charge < -0.3 is 5.32 Å². The molecule has 0 bridgehead atoms. The zero-order valence-electron chi connectivity index (χ0n) is 12.2. The number of halogens is 1. The van der Waals surface area contributed by atoms with E-state index in [0.717, 1.165) is 4.47 Å². The van der Waals surface area contributed by atoms with Crippen LogP contribution in [-0.2, 0) is 0 Å². The number of thiophene rings is 1. The fraction of sp³-hybridized carbons (Fsp3) is 0. The van der Waals surface area contributed by atoms with E-state index in [9.17, 15) is 9.59 Å². The molecule has 4 rings (SSSR count). The fourth-order valence-corrected chi connectivity index (χ4v) is 3.57. The van der Waals surface area contributed by atoms with E-state index in [1.165, 1.54) is 15.7 Å². The van der Waals surface area contributed by atoms with Crippen molar-refractivity contribution in [2.75, 3.05) is 5.32 Å². The molecule has 1 amide bonds. The molecule has 0 spiro atoms. The Morgan fingerprint density at radius 1 is 1.17 bits per heavy atom. The molecular weight excluding hydrogens is 390 g/mol. The van der Waals surface area contributed by atoms with E-state index in [2.05, 4.69) is 26.2 Å². The van der Waals surface area contributed by atoms with Crippen LogP contribution in [0.1, 0.15) is 9.67 Å². The number of hydrogen-bond donors (Lipinski definition) is 1. The summed E-state index contributed by atoms with van der Waals surface area (Å²) in [4.78, 5) is 30.4. The first-order chi connectivity index (χ1) is 11.6. The number of fused-ring (bicyclic) bond motifs is 2. The first-order valence-corrected chi connectivity index (χ1v) is 8.70. The molecule has 0 atom stereocenters. The maximum atomic E-state index is 12.5. The van der Waals surface area contributed by atoms with Crippen molar-refractivity contribution in [2.24, 2.45) is 0 Å². The lowest BCUT2D eigenvalue weighted by molar-refractivity contribution is 0.103. The minimum absolute atomic E-state index is 0.172. The summed E-state index contributed by atoms with van der Waals surface area (Å²) in [5, 5.41) is 3.27. The minimum Gasteiger partial charge on any atom is -0.321 e.